The molecular formula is C18H17N3O2S. The van der Waals surface area contributed by atoms with Gasteiger partial charge in [0.15, 0.2) is 11.0 Å². The van der Waals surface area contributed by atoms with Gasteiger partial charge in [0.1, 0.15) is 0 Å². The second-order valence-electron chi connectivity index (χ2n) is 5.16. The zero-order valence-corrected chi connectivity index (χ0v) is 14.3. The van der Waals surface area contributed by atoms with E-state index < -0.39 is 0 Å². The van der Waals surface area contributed by atoms with Gasteiger partial charge in [-0.1, -0.05) is 54.2 Å². The highest BCUT2D eigenvalue weighted by Crippen LogP contribution is 2.29. The highest BCUT2D eigenvalue weighted by molar-refractivity contribution is 7.99. The summed E-state index contributed by atoms with van der Waals surface area (Å²) < 4.78 is 6.68. The van der Waals surface area contributed by atoms with Crippen molar-refractivity contribution in [1.29, 1.82) is 0 Å². The minimum absolute atomic E-state index is 0.190. The van der Waals surface area contributed by atoms with Gasteiger partial charge in [-0.25, -0.2) is 0 Å². The Morgan fingerprint density at radius 3 is 2.50 bits per heavy atom. The Kier molecular flexibility index (Phi) is 4.96. The monoisotopic (exact) mass is 339 g/mol. The first-order chi connectivity index (χ1) is 11.7. The normalized spacial score (nSPS) is 10.6. The molecule has 0 saturated carbocycles. The van der Waals surface area contributed by atoms with Crippen molar-refractivity contribution in [2.75, 3.05) is 12.9 Å². The van der Waals surface area contributed by atoms with Gasteiger partial charge in [0.05, 0.1) is 12.9 Å². The number of carbonyl (C=O) groups excluding carboxylic acids is 1. The Hall–Kier alpha value is -2.60. The van der Waals surface area contributed by atoms with Gasteiger partial charge in [-0.05, 0) is 24.6 Å². The SMILES string of the molecule is COC(=O)CSc1nnc(-c2ccccc2C)n1-c1ccccc1. The van der Waals surface area contributed by atoms with Gasteiger partial charge in [-0.3, -0.25) is 9.36 Å². The summed E-state index contributed by atoms with van der Waals surface area (Å²) in [6.45, 7) is 2.04. The molecule has 6 heteroatoms. The third-order valence-electron chi connectivity index (χ3n) is 3.58. The van der Waals surface area contributed by atoms with Crippen molar-refractivity contribution in [1.82, 2.24) is 14.8 Å². The van der Waals surface area contributed by atoms with Gasteiger partial charge < -0.3 is 4.74 Å². The first-order valence-corrected chi connectivity index (χ1v) is 8.45. The predicted molar refractivity (Wildman–Crippen MR) is 94.3 cm³/mol. The molecule has 5 nitrogen and oxygen atoms in total. The van der Waals surface area contributed by atoms with E-state index in [4.69, 9.17) is 4.74 Å². The number of hydrogen-bond donors (Lipinski definition) is 0. The molecule has 0 aliphatic carbocycles. The number of carbonyl (C=O) groups is 1. The summed E-state index contributed by atoms with van der Waals surface area (Å²) in [4.78, 5) is 11.5. The number of nitrogens with zero attached hydrogens (tertiary/aromatic N) is 3. The third kappa shape index (κ3) is 3.33. The molecule has 1 heterocycles. The number of aryl methyl sites for hydroxylation is 1. The smallest absolute Gasteiger partial charge is 0.316 e. The van der Waals surface area contributed by atoms with Gasteiger partial charge >= 0.3 is 5.97 Å². The lowest BCUT2D eigenvalue weighted by molar-refractivity contribution is -0.137. The topological polar surface area (TPSA) is 57.0 Å². The maximum atomic E-state index is 11.5. The van der Waals surface area contributed by atoms with Crippen LogP contribution >= 0.6 is 11.8 Å². The van der Waals surface area contributed by atoms with Crippen LogP contribution in [0.4, 0.5) is 0 Å². The molecule has 0 saturated heterocycles. The lowest BCUT2D eigenvalue weighted by Gasteiger charge is -2.11. The summed E-state index contributed by atoms with van der Waals surface area (Å²) in [6, 6.07) is 17.9. The van der Waals surface area contributed by atoms with Crippen LogP contribution in [0.5, 0.6) is 0 Å². The highest BCUT2D eigenvalue weighted by Gasteiger charge is 2.18. The minimum Gasteiger partial charge on any atom is -0.468 e. The maximum Gasteiger partial charge on any atom is 0.316 e. The predicted octanol–water partition coefficient (Wildman–Crippen LogP) is 3.51. The molecule has 24 heavy (non-hydrogen) atoms. The van der Waals surface area contributed by atoms with Crippen LogP contribution in [0.3, 0.4) is 0 Å². The number of ether oxygens (including phenoxy) is 1. The molecule has 0 N–H and O–H groups in total. The standard InChI is InChI=1S/C18H17N3O2S/c1-13-8-6-7-11-15(13)17-19-20-18(24-12-16(22)23-2)21(17)14-9-4-3-5-10-14/h3-11H,12H2,1-2H3. The van der Waals surface area contributed by atoms with Crippen LogP contribution in [-0.4, -0.2) is 33.6 Å². The lowest BCUT2D eigenvalue weighted by atomic mass is 10.1. The summed E-state index contributed by atoms with van der Waals surface area (Å²) in [5.41, 5.74) is 3.08. The number of hydrogen-bond acceptors (Lipinski definition) is 5. The van der Waals surface area contributed by atoms with Crippen LogP contribution in [0.2, 0.25) is 0 Å². The van der Waals surface area contributed by atoms with Crippen LogP contribution < -0.4 is 0 Å². The summed E-state index contributed by atoms with van der Waals surface area (Å²) >= 11 is 1.31. The summed E-state index contributed by atoms with van der Waals surface area (Å²) in [5.74, 6) is 0.654. The van der Waals surface area contributed by atoms with Crippen LogP contribution in [0.25, 0.3) is 17.1 Å². The largest absolute Gasteiger partial charge is 0.468 e. The van der Waals surface area contributed by atoms with Crippen LogP contribution in [-0.2, 0) is 9.53 Å². The van der Waals surface area contributed by atoms with Crippen molar-refractivity contribution < 1.29 is 9.53 Å². The molecule has 0 aliphatic rings. The summed E-state index contributed by atoms with van der Waals surface area (Å²) in [7, 11) is 1.38. The first kappa shape index (κ1) is 16.3. The average molecular weight is 339 g/mol. The second-order valence-corrected chi connectivity index (χ2v) is 6.10. The Morgan fingerprint density at radius 1 is 1.08 bits per heavy atom. The van der Waals surface area contributed by atoms with Gasteiger partial charge in [-0.15, -0.1) is 10.2 Å². The lowest BCUT2D eigenvalue weighted by Crippen LogP contribution is -2.05. The highest BCUT2D eigenvalue weighted by atomic mass is 32.2. The fourth-order valence-corrected chi connectivity index (χ4v) is 3.14. The number of para-hydroxylation sites is 1. The zero-order valence-electron chi connectivity index (χ0n) is 13.5. The van der Waals surface area contributed by atoms with E-state index >= 15 is 0 Å². The molecule has 0 radical (unpaired) electrons. The number of benzene rings is 2. The number of rotatable bonds is 5. The van der Waals surface area contributed by atoms with Crippen molar-refractivity contribution in [3.63, 3.8) is 0 Å². The Bertz CT molecular complexity index is 846. The fourth-order valence-electron chi connectivity index (χ4n) is 2.35. The van der Waals surface area contributed by atoms with E-state index in [1.807, 2.05) is 66.1 Å². The third-order valence-corrected chi connectivity index (χ3v) is 4.48. The Balaban J connectivity index is 2.08. The Labute approximate surface area is 144 Å². The van der Waals surface area contributed by atoms with Crippen molar-refractivity contribution in [3.05, 3.63) is 60.2 Å². The van der Waals surface area contributed by atoms with E-state index in [0.717, 1.165) is 22.6 Å². The molecule has 0 atom stereocenters. The van der Waals surface area contributed by atoms with Crippen molar-refractivity contribution in [2.24, 2.45) is 0 Å². The summed E-state index contributed by atoms with van der Waals surface area (Å²) in [6.07, 6.45) is 0. The molecule has 1 aromatic heterocycles. The molecule has 3 aromatic rings. The van der Waals surface area contributed by atoms with Gasteiger partial charge in [0.2, 0.25) is 0 Å². The number of esters is 1. The number of thioether (sulfide) groups is 1. The van der Waals surface area contributed by atoms with Crippen molar-refractivity contribution in [3.8, 4) is 17.1 Å². The number of methoxy groups -OCH3 is 1. The minimum atomic E-state index is -0.292. The van der Waals surface area contributed by atoms with Crippen molar-refractivity contribution >= 4 is 17.7 Å². The van der Waals surface area contributed by atoms with E-state index in [-0.39, 0.29) is 11.7 Å². The molecule has 0 spiro atoms. The number of aromatic nitrogens is 3. The van der Waals surface area contributed by atoms with E-state index in [1.165, 1.54) is 18.9 Å². The quantitative estimate of drug-likeness (QED) is 0.526. The van der Waals surface area contributed by atoms with E-state index in [2.05, 4.69) is 10.2 Å². The van der Waals surface area contributed by atoms with Gasteiger partial charge in [-0.2, -0.15) is 0 Å². The van der Waals surface area contributed by atoms with E-state index in [1.54, 1.807) is 0 Å². The molecule has 3 rings (SSSR count). The zero-order chi connectivity index (χ0) is 16.9. The molecule has 2 aromatic carbocycles. The van der Waals surface area contributed by atoms with Gasteiger partial charge in [0.25, 0.3) is 0 Å². The summed E-state index contributed by atoms with van der Waals surface area (Å²) in [5, 5.41) is 9.31. The van der Waals surface area contributed by atoms with Crippen LogP contribution in [0.1, 0.15) is 5.56 Å². The van der Waals surface area contributed by atoms with Crippen molar-refractivity contribution in [2.45, 2.75) is 12.1 Å². The molecule has 122 valence electrons. The first-order valence-electron chi connectivity index (χ1n) is 7.47. The van der Waals surface area contributed by atoms with Gasteiger partial charge in [0, 0.05) is 11.3 Å². The molecule has 0 fully saturated rings. The molecule has 0 unspecified atom stereocenters. The molecule has 0 aliphatic heterocycles. The molecular weight excluding hydrogens is 322 g/mol. The molecule has 0 bridgehead atoms. The van der Waals surface area contributed by atoms with Crippen LogP contribution in [0.15, 0.2) is 59.8 Å². The molecule has 0 amide bonds. The Morgan fingerprint density at radius 2 is 1.79 bits per heavy atom. The fraction of sp³-hybridized carbons (Fsp3) is 0.167. The van der Waals surface area contributed by atoms with E-state index in [9.17, 15) is 4.79 Å². The van der Waals surface area contributed by atoms with E-state index in [0.29, 0.717) is 5.16 Å². The average Bonchev–Trinajstić information content (AvgIpc) is 3.04. The maximum absolute atomic E-state index is 11.5. The second kappa shape index (κ2) is 7.31. The van der Waals surface area contributed by atoms with Crippen LogP contribution in [0, 0.1) is 6.92 Å².